The molecule has 0 N–H and O–H groups in total. The molecule has 0 bridgehead atoms. The standard InChI is InChI=1S/C22H27N3O3S/c1-15(2)27-13-7-12-25-21(26)17-9-3-5-10-18(17)23-22(25)29-14-19-16-8-4-6-11-20(16)28-24-19/h3,5,9-10,15H,4,6-8,11-14H2,1-2H3. The van der Waals surface area contributed by atoms with Gasteiger partial charge < -0.3 is 9.26 Å². The van der Waals surface area contributed by atoms with Crippen molar-refractivity contribution in [1.29, 1.82) is 0 Å². The molecule has 0 atom stereocenters. The molecule has 0 unspecified atom stereocenters. The number of para-hydroxylation sites is 1. The summed E-state index contributed by atoms with van der Waals surface area (Å²) < 4.78 is 13.0. The summed E-state index contributed by atoms with van der Waals surface area (Å²) >= 11 is 1.56. The highest BCUT2D eigenvalue weighted by atomic mass is 32.2. The average Bonchev–Trinajstić information content (AvgIpc) is 3.14. The SMILES string of the molecule is CC(C)OCCCn1c(SCc2noc3c2CCCC3)nc2ccccc2c1=O. The number of thioether (sulfide) groups is 1. The maximum atomic E-state index is 13.1. The van der Waals surface area contributed by atoms with Crippen molar-refractivity contribution in [2.45, 2.75) is 69.5 Å². The molecule has 0 aliphatic heterocycles. The Kier molecular flexibility index (Phi) is 6.35. The summed E-state index contributed by atoms with van der Waals surface area (Å²) in [4.78, 5) is 17.9. The Morgan fingerprint density at radius 1 is 1.24 bits per heavy atom. The highest BCUT2D eigenvalue weighted by molar-refractivity contribution is 7.98. The molecule has 2 aromatic heterocycles. The summed E-state index contributed by atoms with van der Waals surface area (Å²) in [5.74, 6) is 1.69. The van der Waals surface area contributed by atoms with Crippen LogP contribution in [-0.2, 0) is 29.9 Å². The third-order valence-corrected chi connectivity index (χ3v) is 6.16. The first-order valence-corrected chi connectivity index (χ1v) is 11.3. The zero-order valence-corrected chi connectivity index (χ0v) is 17.8. The predicted molar refractivity (Wildman–Crippen MR) is 114 cm³/mol. The van der Waals surface area contributed by atoms with E-state index >= 15 is 0 Å². The van der Waals surface area contributed by atoms with Crippen molar-refractivity contribution in [3.8, 4) is 0 Å². The van der Waals surface area contributed by atoms with E-state index in [4.69, 9.17) is 14.2 Å². The number of nitrogens with zero attached hydrogens (tertiary/aromatic N) is 3. The molecule has 4 rings (SSSR count). The first kappa shape index (κ1) is 20.2. The molecular formula is C22H27N3O3S. The molecule has 0 fully saturated rings. The molecule has 3 aromatic rings. The Morgan fingerprint density at radius 2 is 2.07 bits per heavy atom. The van der Waals surface area contributed by atoms with Gasteiger partial charge in [0.15, 0.2) is 5.16 Å². The quantitative estimate of drug-likeness (QED) is 0.310. The zero-order chi connectivity index (χ0) is 20.2. The van der Waals surface area contributed by atoms with Crippen LogP contribution in [0.3, 0.4) is 0 Å². The summed E-state index contributed by atoms with van der Waals surface area (Å²) in [5, 5.41) is 5.67. The molecule has 1 aliphatic rings. The molecule has 0 saturated heterocycles. The number of rotatable bonds is 8. The molecule has 0 amide bonds. The third-order valence-electron chi connectivity index (χ3n) is 5.17. The number of fused-ring (bicyclic) bond motifs is 2. The Labute approximate surface area is 174 Å². The van der Waals surface area contributed by atoms with Crippen molar-refractivity contribution in [3.05, 3.63) is 51.6 Å². The Balaban J connectivity index is 1.58. The smallest absolute Gasteiger partial charge is 0.262 e. The van der Waals surface area contributed by atoms with E-state index in [2.05, 4.69) is 5.16 Å². The van der Waals surface area contributed by atoms with Crippen LogP contribution in [0.5, 0.6) is 0 Å². The number of ether oxygens (including phenoxy) is 1. The van der Waals surface area contributed by atoms with Gasteiger partial charge in [-0.3, -0.25) is 9.36 Å². The molecule has 0 radical (unpaired) electrons. The molecule has 0 saturated carbocycles. The topological polar surface area (TPSA) is 70.2 Å². The lowest BCUT2D eigenvalue weighted by Crippen LogP contribution is -2.24. The predicted octanol–water partition coefficient (Wildman–Crippen LogP) is 4.37. The van der Waals surface area contributed by atoms with Crippen molar-refractivity contribution in [1.82, 2.24) is 14.7 Å². The van der Waals surface area contributed by atoms with Gasteiger partial charge in [0.1, 0.15) is 5.76 Å². The summed E-state index contributed by atoms with van der Waals surface area (Å²) in [6.45, 7) is 5.24. The highest BCUT2D eigenvalue weighted by Gasteiger charge is 2.20. The van der Waals surface area contributed by atoms with E-state index in [1.54, 1.807) is 16.3 Å². The first-order valence-electron chi connectivity index (χ1n) is 10.3. The summed E-state index contributed by atoms with van der Waals surface area (Å²) in [5.41, 5.74) is 2.98. The molecule has 1 aliphatic carbocycles. The number of hydrogen-bond acceptors (Lipinski definition) is 6. The van der Waals surface area contributed by atoms with Gasteiger partial charge in [-0.25, -0.2) is 4.98 Å². The maximum Gasteiger partial charge on any atom is 0.262 e. The Morgan fingerprint density at radius 3 is 2.93 bits per heavy atom. The van der Waals surface area contributed by atoms with Crippen LogP contribution >= 0.6 is 11.8 Å². The normalized spacial score (nSPS) is 13.9. The van der Waals surface area contributed by atoms with E-state index < -0.39 is 0 Å². The lowest BCUT2D eigenvalue weighted by atomic mass is 9.97. The van der Waals surface area contributed by atoms with Gasteiger partial charge in [0.25, 0.3) is 5.56 Å². The van der Waals surface area contributed by atoms with Crippen LogP contribution in [-0.4, -0.2) is 27.4 Å². The second kappa shape index (κ2) is 9.13. The average molecular weight is 414 g/mol. The van der Waals surface area contributed by atoms with Crippen molar-refractivity contribution >= 4 is 22.7 Å². The van der Waals surface area contributed by atoms with Crippen molar-refractivity contribution < 1.29 is 9.26 Å². The molecular weight excluding hydrogens is 386 g/mol. The van der Waals surface area contributed by atoms with E-state index in [1.807, 2.05) is 38.1 Å². The van der Waals surface area contributed by atoms with Gasteiger partial charge in [0.2, 0.25) is 0 Å². The van der Waals surface area contributed by atoms with Gasteiger partial charge in [-0.05, 0) is 51.7 Å². The minimum absolute atomic E-state index is 0.00447. The fraction of sp³-hybridized carbons (Fsp3) is 0.500. The van der Waals surface area contributed by atoms with Crippen molar-refractivity contribution in [3.63, 3.8) is 0 Å². The number of hydrogen-bond donors (Lipinski definition) is 0. The molecule has 29 heavy (non-hydrogen) atoms. The summed E-state index contributed by atoms with van der Waals surface area (Å²) in [7, 11) is 0. The van der Waals surface area contributed by atoms with Gasteiger partial charge >= 0.3 is 0 Å². The Bertz CT molecular complexity index is 1040. The van der Waals surface area contributed by atoms with E-state index in [9.17, 15) is 4.79 Å². The lowest BCUT2D eigenvalue weighted by Gasteiger charge is -2.14. The molecule has 154 valence electrons. The number of aryl methyl sites for hydroxylation is 1. The monoisotopic (exact) mass is 413 g/mol. The molecule has 2 heterocycles. The minimum Gasteiger partial charge on any atom is -0.379 e. The van der Waals surface area contributed by atoms with Gasteiger partial charge in [-0.2, -0.15) is 0 Å². The molecule has 7 heteroatoms. The van der Waals surface area contributed by atoms with Crippen LogP contribution < -0.4 is 5.56 Å². The van der Waals surface area contributed by atoms with Gasteiger partial charge in [-0.15, -0.1) is 0 Å². The molecule has 0 spiro atoms. The Hall–Kier alpha value is -2.12. The van der Waals surface area contributed by atoms with E-state index in [0.717, 1.165) is 41.4 Å². The van der Waals surface area contributed by atoms with Crippen molar-refractivity contribution in [2.75, 3.05) is 6.61 Å². The van der Waals surface area contributed by atoms with E-state index in [-0.39, 0.29) is 11.7 Å². The first-order chi connectivity index (χ1) is 14.1. The van der Waals surface area contributed by atoms with Crippen LogP contribution in [0.2, 0.25) is 0 Å². The molecule has 6 nitrogen and oxygen atoms in total. The second-order valence-electron chi connectivity index (χ2n) is 7.67. The third kappa shape index (κ3) is 4.56. The fourth-order valence-electron chi connectivity index (χ4n) is 3.69. The zero-order valence-electron chi connectivity index (χ0n) is 17.0. The summed E-state index contributed by atoms with van der Waals surface area (Å²) in [6.07, 6.45) is 5.31. The molecule has 1 aromatic carbocycles. The van der Waals surface area contributed by atoms with Gasteiger partial charge in [0, 0.05) is 30.9 Å². The number of benzene rings is 1. The van der Waals surface area contributed by atoms with Gasteiger partial charge in [0.05, 0.1) is 22.7 Å². The van der Waals surface area contributed by atoms with E-state index in [0.29, 0.717) is 24.3 Å². The summed E-state index contributed by atoms with van der Waals surface area (Å²) in [6, 6.07) is 7.53. The van der Waals surface area contributed by atoms with Gasteiger partial charge in [-0.1, -0.05) is 29.1 Å². The van der Waals surface area contributed by atoms with E-state index in [1.165, 1.54) is 18.4 Å². The fourth-order valence-corrected chi connectivity index (χ4v) is 4.68. The highest BCUT2D eigenvalue weighted by Crippen LogP contribution is 2.29. The van der Waals surface area contributed by atoms with Crippen LogP contribution in [0.25, 0.3) is 10.9 Å². The minimum atomic E-state index is 0.00447. The lowest BCUT2D eigenvalue weighted by molar-refractivity contribution is 0.0743. The number of aromatic nitrogens is 3. The van der Waals surface area contributed by atoms with Crippen LogP contribution in [0, 0.1) is 0 Å². The van der Waals surface area contributed by atoms with Crippen LogP contribution in [0.1, 0.15) is 50.1 Å². The van der Waals surface area contributed by atoms with Crippen molar-refractivity contribution in [2.24, 2.45) is 0 Å². The second-order valence-corrected chi connectivity index (χ2v) is 8.61. The maximum absolute atomic E-state index is 13.1. The van der Waals surface area contributed by atoms with Crippen LogP contribution in [0.4, 0.5) is 0 Å². The largest absolute Gasteiger partial charge is 0.379 e. The van der Waals surface area contributed by atoms with Crippen LogP contribution in [0.15, 0.2) is 38.7 Å².